The van der Waals surface area contributed by atoms with Gasteiger partial charge in [0, 0.05) is 0 Å². The zero-order valence-electron chi connectivity index (χ0n) is 11.2. The van der Waals surface area contributed by atoms with Gasteiger partial charge in [-0.05, 0) is 0 Å². The fourth-order valence-corrected chi connectivity index (χ4v) is 2.48. The molecule has 0 amide bonds. The number of hydrogen-bond acceptors (Lipinski definition) is 1. The van der Waals surface area contributed by atoms with Gasteiger partial charge in [0.05, 0.1) is 0 Å². The van der Waals surface area contributed by atoms with Crippen LogP contribution in [0.4, 0.5) is 17.1 Å². The van der Waals surface area contributed by atoms with Crippen LogP contribution in [0, 0.1) is 0 Å². The molecule has 0 aliphatic heterocycles. The summed E-state index contributed by atoms with van der Waals surface area (Å²) in [5.74, 6) is 0. The van der Waals surface area contributed by atoms with Crippen molar-refractivity contribution in [2.24, 2.45) is 0 Å². The van der Waals surface area contributed by atoms with Gasteiger partial charge in [-0.3, -0.25) is 0 Å². The molecule has 3 aromatic carbocycles. The molecule has 3 aromatic rings. The quantitative estimate of drug-likeness (QED) is 0.650. The van der Waals surface area contributed by atoms with E-state index < -0.39 is 0 Å². The molecule has 0 heterocycles. The zero-order valence-corrected chi connectivity index (χ0v) is 12.7. The van der Waals surface area contributed by atoms with Crippen LogP contribution in [0.5, 0.6) is 0 Å². The van der Waals surface area contributed by atoms with Gasteiger partial charge in [0.25, 0.3) is 0 Å². The molecule has 0 radical (unpaired) electrons. The van der Waals surface area contributed by atoms with Crippen LogP contribution in [0.2, 0.25) is 0 Å². The van der Waals surface area contributed by atoms with Crippen LogP contribution < -0.4 is 8.59 Å². The predicted octanol–water partition coefficient (Wildman–Crippen LogP) is 3.95. The Labute approximate surface area is 132 Å². The Kier molecular flexibility index (Phi) is 4.04. The molecule has 20 heavy (non-hydrogen) atoms. The number of hydrogen-bond donors (Lipinski definition) is 0. The third-order valence-electron chi connectivity index (χ3n) is 3.22. The van der Waals surface area contributed by atoms with Crippen molar-refractivity contribution in [1.29, 1.82) is 0 Å². The van der Waals surface area contributed by atoms with Crippen molar-refractivity contribution in [1.82, 2.24) is 0 Å². The second kappa shape index (κ2) is 6.12. The summed E-state index contributed by atoms with van der Waals surface area (Å²) in [6, 6.07) is 29.6. The topological polar surface area (TPSA) is 3.24 Å². The van der Waals surface area contributed by atoms with E-state index in [1.807, 2.05) is 33.8 Å². The molecule has 0 fully saturated rings. The minimum absolute atomic E-state index is 1.17. The van der Waals surface area contributed by atoms with E-state index in [9.17, 15) is 0 Å². The molecule has 0 aliphatic carbocycles. The Hall–Kier alpha value is -1.77. The summed E-state index contributed by atoms with van der Waals surface area (Å²) in [5.41, 5.74) is 3.52. The Morgan fingerprint density at radius 3 is 1.35 bits per heavy atom. The van der Waals surface area contributed by atoms with Crippen LogP contribution in [-0.4, -0.2) is 21.7 Å². The Balaban J connectivity index is 2.11. The predicted molar refractivity (Wildman–Crippen MR) is 86.5 cm³/mol. The molecule has 0 aliphatic rings. The van der Waals surface area contributed by atoms with Gasteiger partial charge in [0.15, 0.2) is 0 Å². The number of para-hydroxylation sites is 2. The van der Waals surface area contributed by atoms with E-state index in [0.29, 0.717) is 0 Å². The van der Waals surface area contributed by atoms with Crippen molar-refractivity contribution in [3.05, 3.63) is 84.9 Å². The first-order valence-corrected chi connectivity index (χ1v) is 7.37. The van der Waals surface area contributed by atoms with E-state index >= 15 is 0 Å². The molecule has 0 N–H and O–H groups in total. The second-order valence-electron chi connectivity index (χ2n) is 4.67. The molecule has 92 valence electrons. The summed E-state index contributed by atoms with van der Waals surface area (Å²) >= 11 is 1.91. The molecule has 1 nitrogen and oxygen atoms in total. The maximum absolute atomic E-state index is 2.27. The first kappa shape index (κ1) is 13.2. The van der Waals surface area contributed by atoms with Gasteiger partial charge in [-0.25, -0.2) is 0 Å². The molecule has 0 saturated heterocycles. The van der Waals surface area contributed by atoms with Gasteiger partial charge in [0.2, 0.25) is 0 Å². The molecule has 0 atom stereocenters. The van der Waals surface area contributed by atoms with Gasteiger partial charge in [-0.15, -0.1) is 0 Å². The van der Waals surface area contributed by atoms with Crippen LogP contribution in [0.25, 0.3) is 0 Å². The third-order valence-corrected chi connectivity index (χ3v) is 3.69. The Bertz CT molecular complexity index is 623. The number of rotatable bonds is 3. The monoisotopic (exact) mass is 268 g/mol. The molecule has 0 bridgehead atoms. The third kappa shape index (κ3) is 2.87. The average molecular weight is 269 g/mol. The fourth-order valence-electron chi connectivity index (χ4n) is 2.25. The van der Waals surface area contributed by atoms with Gasteiger partial charge >= 0.3 is 132 Å². The van der Waals surface area contributed by atoms with Crippen LogP contribution in [0.3, 0.4) is 0 Å². The minimum atomic E-state index is 1.17. The van der Waals surface area contributed by atoms with Gasteiger partial charge < -0.3 is 0 Å². The Morgan fingerprint density at radius 2 is 0.900 bits per heavy atom. The number of nitrogens with zero attached hydrogens (tertiary/aromatic N) is 1. The summed E-state index contributed by atoms with van der Waals surface area (Å²) in [7, 11) is 0. The molecule has 0 spiro atoms. The number of anilines is 3. The standard InChI is InChI=1S/C18H14N.Mg/c1-4-10-16(11-5-1)19(17-12-6-2-7-13-17)18-14-8-3-9-15-18;/h1-2,4-15H;/q;+1. The van der Waals surface area contributed by atoms with Crippen molar-refractivity contribution in [2.45, 2.75) is 0 Å². The van der Waals surface area contributed by atoms with E-state index in [1.165, 1.54) is 20.8 Å². The molecule has 0 saturated carbocycles. The van der Waals surface area contributed by atoms with E-state index in [2.05, 4.69) is 77.7 Å². The fraction of sp³-hybridized carbons (Fsp3) is 0. The molecule has 3 rings (SSSR count). The summed E-state index contributed by atoms with van der Waals surface area (Å²) < 4.78 is 1.30. The van der Waals surface area contributed by atoms with Crippen molar-refractivity contribution < 1.29 is 0 Å². The van der Waals surface area contributed by atoms with Crippen LogP contribution in [-0.2, 0) is 0 Å². The van der Waals surface area contributed by atoms with E-state index in [-0.39, 0.29) is 0 Å². The van der Waals surface area contributed by atoms with Gasteiger partial charge in [-0.1, -0.05) is 0 Å². The van der Waals surface area contributed by atoms with Crippen LogP contribution >= 0.6 is 0 Å². The zero-order chi connectivity index (χ0) is 13.8. The van der Waals surface area contributed by atoms with E-state index in [4.69, 9.17) is 0 Å². The first-order chi connectivity index (χ1) is 9.84. The van der Waals surface area contributed by atoms with E-state index in [1.54, 1.807) is 0 Å². The van der Waals surface area contributed by atoms with Crippen molar-refractivity contribution in [2.75, 3.05) is 4.90 Å². The van der Waals surface area contributed by atoms with Crippen LogP contribution in [0.15, 0.2) is 84.9 Å². The molecule has 2 heteroatoms. The Morgan fingerprint density at radius 1 is 0.500 bits per heavy atom. The van der Waals surface area contributed by atoms with Crippen molar-refractivity contribution in [3.63, 3.8) is 0 Å². The average Bonchev–Trinajstić information content (AvgIpc) is 2.52. The normalized spacial score (nSPS) is 10.3. The molecule has 0 aromatic heterocycles. The summed E-state index contributed by atoms with van der Waals surface area (Å²) in [6.45, 7) is 0. The molecular weight excluding hydrogens is 255 g/mol. The molecule has 0 unspecified atom stereocenters. The van der Waals surface area contributed by atoms with Crippen LogP contribution in [0.1, 0.15) is 0 Å². The van der Waals surface area contributed by atoms with Crippen molar-refractivity contribution in [3.8, 4) is 0 Å². The summed E-state index contributed by atoms with van der Waals surface area (Å²) in [6.07, 6.45) is 0. The maximum atomic E-state index is 2.27. The van der Waals surface area contributed by atoms with Gasteiger partial charge in [0.1, 0.15) is 0 Å². The summed E-state index contributed by atoms with van der Waals surface area (Å²) in [4.78, 5) is 2.27. The molecular formula is C18H14MgN+. The SMILES string of the molecule is [Mg+][c]1ccc(N(c2ccccc2)c2ccccc2)cc1. The second-order valence-corrected chi connectivity index (χ2v) is 5.49. The van der Waals surface area contributed by atoms with Crippen molar-refractivity contribution >= 4 is 42.5 Å². The van der Waals surface area contributed by atoms with Gasteiger partial charge in [-0.2, -0.15) is 0 Å². The first-order valence-electron chi connectivity index (χ1n) is 6.67. The number of benzene rings is 3. The summed E-state index contributed by atoms with van der Waals surface area (Å²) in [5, 5.41) is 0. The van der Waals surface area contributed by atoms with E-state index in [0.717, 1.165) is 0 Å².